The number of hydrogen-bond acceptors (Lipinski definition) is 5. The SMILES string of the molecule is COc1cc(CO)c(-c2cn3ccc(NCCNC(C)=O)cc3n2)cc1Cl. The Morgan fingerprint density at radius 1 is 1.33 bits per heavy atom. The number of anilines is 1. The third-order valence-electron chi connectivity index (χ3n) is 4.11. The molecule has 2 aromatic heterocycles. The van der Waals surface area contributed by atoms with Crippen LogP contribution in [0.25, 0.3) is 16.9 Å². The van der Waals surface area contributed by atoms with E-state index in [0.717, 1.165) is 16.9 Å². The second-order valence-corrected chi connectivity index (χ2v) is 6.43. The van der Waals surface area contributed by atoms with E-state index < -0.39 is 0 Å². The number of imidazole rings is 1. The van der Waals surface area contributed by atoms with Crippen molar-refractivity contribution in [3.63, 3.8) is 0 Å². The highest BCUT2D eigenvalue weighted by Crippen LogP contribution is 2.33. The molecule has 2 heterocycles. The molecule has 142 valence electrons. The molecule has 3 aromatic rings. The molecule has 0 aliphatic rings. The van der Waals surface area contributed by atoms with E-state index in [1.807, 2.05) is 28.9 Å². The van der Waals surface area contributed by atoms with Gasteiger partial charge in [-0.05, 0) is 23.8 Å². The molecule has 0 bridgehead atoms. The summed E-state index contributed by atoms with van der Waals surface area (Å²) < 4.78 is 7.11. The van der Waals surface area contributed by atoms with Crippen molar-refractivity contribution in [2.24, 2.45) is 0 Å². The van der Waals surface area contributed by atoms with E-state index in [1.54, 1.807) is 12.1 Å². The summed E-state index contributed by atoms with van der Waals surface area (Å²) in [4.78, 5) is 15.5. The van der Waals surface area contributed by atoms with Gasteiger partial charge in [0.25, 0.3) is 0 Å². The number of aromatic nitrogens is 2. The Labute approximate surface area is 161 Å². The molecule has 3 N–H and O–H groups in total. The van der Waals surface area contributed by atoms with Crippen LogP contribution in [0.15, 0.2) is 36.7 Å². The number of rotatable bonds is 7. The van der Waals surface area contributed by atoms with Crippen LogP contribution in [0, 0.1) is 0 Å². The molecule has 0 aliphatic heterocycles. The van der Waals surface area contributed by atoms with E-state index in [4.69, 9.17) is 16.3 Å². The normalized spacial score (nSPS) is 10.8. The van der Waals surface area contributed by atoms with Gasteiger partial charge in [0.15, 0.2) is 0 Å². The average molecular weight is 389 g/mol. The average Bonchev–Trinajstić information content (AvgIpc) is 3.08. The monoisotopic (exact) mass is 388 g/mol. The molecule has 1 amide bonds. The van der Waals surface area contributed by atoms with Gasteiger partial charge in [-0.1, -0.05) is 11.6 Å². The number of amides is 1. The van der Waals surface area contributed by atoms with Crippen molar-refractivity contribution < 1.29 is 14.6 Å². The van der Waals surface area contributed by atoms with Gasteiger partial charge in [0.05, 0.1) is 24.4 Å². The number of aliphatic hydroxyl groups is 1. The number of benzene rings is 1. The predicted octanol–water partition coefficient (Wildman–Crippen LogP) is 2.70. The van der Waals surface area contributed by atoms with E-state index in [2.05, 4.69) is 15.6 Å². The van der Waals surface area contributed by atoms with E-state index in [1.165, 1.54) is 14.0 Å². The lowest BCUT2D eigenvalue weighted by Gasteiger charge is -2.09. The third-order valence-corrected chi connectivity index (χ3v) is 4.41. The van der Waals surface area contributed by atoms with Crippen LogP contribution in [0.4, 0.5) is 5.69 Å². The zero-order valence-corrected chi connectivity index (χ0v) is 15.9. The molecule has 0 aliphatic carbocycles. The predicted molar refractivity (Wildman–Crippen MR) is 105 cm³/mol. The molecular weight excluding hydrogens is 368 g/mol. The number of nitrogens with zero attached hydrogens (tertiary/aromatic N) is 2. The fourth-order valence-corrected chi connectivity index (χ4v) is 3.03. The van der Waals surface area contributed by atoms with Crippen molar-refractivity contribution in [1.29, 1.82) is 0 Å². The van der Waals surface area contributed by atoms with Gasteiger partial charge in [-0.3, -0.25) is 4.79 Å². The lowest BCUT2D eigenvalue weighted by molar-refractivity contribution is -0.118. The fraction of sp³-hybridized carbons (Fsp3) is 0.263. The first kappa shape index (κ1) is 19.0. The first-order chi connectivity index (χ1) is 13.0. The number of ether oxygens (including phenoxy) is 1. The third kappa shape index (κ3) is 4.32. The van der Waals surface area contributed by atoms with Crippen molar-refractivity contribution in [1.82, 2.24) is 14.7 Å². The Balaban J connectivity index is 1.86. The lowest BCUT2D eigenvalue weighted by atomic mass is 10.1. The van der Waals surface area contributed by atoms with Crippen LogP contribution < -0.4 is 15.4 Å². The first-order valence-corrected chi connectivity index (χ1v) is 8.84. The van der Waals surface area contributed by atoms with E-state index in [9.17, 15) is 9.90 Å². The molecular formula is C19H21ClN4O3. The maximum Gasteiger partial charge on any atom is 0.216 e. The molecule has 0 saturated carbocycles. The molecule has 0 saturated heterocycles. The maximum atomic E-state index is 10.9. The molecule has 0 unspecified atom stereocenters. The topological polar surface area (TPSA) is 87.9 Å². The standard InChI is InChI=1S/C19H21ClN4O3/c1-12(26)21-4-5-22-14-3-6-24-10-17(23-19(24)8-14)15-9-16(20)18(27-2)7-13(15)11-25/h3,6-10,22,25H,4-5,11H2,1-2H3,(H,21,26). The van der Waals surface area contributed by atoms with Gasteiger partial charge in [0.1, 0.15) is 11.4 Å². The Morgan fingerprint density at radius 3 is 2.85 bits per heavy atom. The van der Waals surface area contributed by atoms with E-state index in [0.29, 0.717) is 35.1 Å². The van der Waals surface area contributed by atoms with Crippen LogP contribution in [-0.4, -0.2) is 40.6 Å². The van der Waals surface area contributed by atoms with Gasteiger partial charge < -0.3 is 24.9 Å². The first-order valence-electron chi connectivity index (χ1n) is 8.46. The van der Waals surface area contributed by atoms with Crippen molar-refractivity contribution >= 4 is 28.8 Å². The molecule has 0 fully saturated rings. The van der Waals surface area contributed by atoms with E-state index in [-0.39, 0.29) is 12.5 Å². The smallest absolute Gasteiger partial charge is 0.216 e. The van der Waals surface area contributed by atoms with Crippen molar-refractivity contribution in [2.75, 3.05) is 25.5 Å². The number of carbonyl (C=O) groups excluding carboxylic acids is 1. The number of nitrogens with one attached hydrogen (secondary N) is 2. The summed E-state index contributed by atoms with van der Waals surface area (Å²) in [5, 5.41) is 16.1. The van der Waals surface area contributed by atoms with Crippen LogP contribution in [0.1, 0.15) is 12.5 Å². The van der Waals surface area contributed by atoms with Crippen LogP contribution in [0.5, 0.6) is 5.75 Å². The Morgan fingerprint density at radius 2 is 2.15 bits per heavy atom. The number of carbonyl (C=O) groups is 1. The Hall–Kier alpha value is -2.77. The largest absolute Gasteiger partial charge is 0.495 e. The minimum Gasteiger partial charge on any atom is -0.495 e. The Bertz CT molecular complexity index is 971. The van der Waals surface area contributed by atoms with Gasteiger partial charge in [0.2, 0.25) is 5.91 Å². The summed E-state index contributed by atoms with van der Waals surface area (Å²) in [7, 11) is 1.54. The highest BCUT2D eigenvalue weighted by molar-refractivity contribution is 6.32. The number of fused-ring (bicyclic) bond motifs is 1. The van der Waals surface area contributed by atoms with Gasteiger partial charge in [-0.15, -0.1) is 0 Å². The number of methoxy groups -OCH3 is 1. The second kappa shape index (κ2) is 8.28. The summed E-state index contributed by atoms with van der Waals surface area (Å²) in [6, 6.07) is 7.32. The summed E-state index contributed by atoms with van der Waals surface area (Å²) in [5.41, 5.74) is 3.81. The zero-order chi connectivity index (χ0) is 19.4. The van der Waals surface area contributed by atoms with Crippen LogP contribution in [-0.2, 0) is 11.4 Å². The maximum absolute atomic E-state index is 10.9. The molecule has 1 aromatic carbocycles. The van der Waals surface area contributed by atoms with Crippen LogP contribution >= 0.6 is 11.6 Å². The van der Waals surface area contributed by atoms with E-state index >= 15 is 0 Å². The molecule has 0 atom stereocenters. The van der Waals surface area contributed by atoms with Crippen molar-refractivity contribution in [3.8, 4) is 17.0 Å². The molecule has 0 spiro atoms. The van der Waals surface area contributed by atoms with Crippen LogP contribution in [0.3, 0.4) is 0 Å². The highest BCUT2D eigenvalue weighted by atomic mass is 35.5. The molecule has 7 nitrogen and oxygen atoms in total. The zero-order valence-electron chi connectivity index (χ0n) is 15.1. The summed E-state index contributed by atoms with van der Waals surface area (Å²) >= 11 is 6.24. The Kier molecular flexibility index (Phi) is 5.83. The summed E-state index contributed by atoms with van der Waals surface area (Å²) in [6.07, 6.45) is 3.78. The molecule has 0 radical (unpaired) electrons. The molecule has 8 heteroatoms. The fourth-order valence-electron chi connectivity index (χ4n) is 2.79. The highest BCUT2D eigenvalue weighted by Gasteiger charge is 2.13. The van der Waals surface area contributed by atoms with Gasteiger partial charge >= 0.3 is 0 Å². The van der Waals surface area contributed by atoms with Crippen molar-refractivity contribution in [3.05, 3.63) is 47.2 Å². The number of aliphatic hydroxyl groups excluding tert-OH is 1. The van der Waals surface area contributed by atoms with Gasteiger partial charge in [0, 0.05) is 49.7 Å². The second-order valence-electron chi connectivity index (χ2n) is 6.02. The molecule has 3 rings (SSSR count). The minimum atomic E-state index is -0.146. The van der Waals surface area contributed by atoms with Crippen LogP contribution in [0.2, 0.25) is 5.02 Å². The number of pyridine rings is 1. The van der Waals surface area contributed by atoms with Gasteiger partial charge in [-0.25, -0.2) is 4.98 Å². The minimum absolute atomic E-state index is 0.0528. The summed E-state index contributed by atoms with van der Waals surface area (Å²) in [5.74, 6) is 0.460. The summed E-state index contributed by atoms with van der Waals surface area (Å²) in [6.45, 7) is 2.51. The number of halogens is 1. The van der Waals surface area contributed by atoms with Gasteiger partial charge in [-0.2, -0.15) is 0 Å². The van der Waals surface area contributed by atoms with Crippen molar-refractivity contribution in [2.45, 2.75) is 13.5 Å². The molecule has 27 heavy (non-hydrogen) atoms. The number of hydrogen-bond donors (Lipinski definition) is 3. The lowest BCUT2D eigenvalue weighted by Crippen LogP contribution is -2.26. The quantitative estimate of drug-likeness (QED) is 0.542.